The van der Waals surface area contributed by atoms with Gasteiger partial charge in [0.05, 0.1) is 0 Å². The van der Waals surface area contributed by atoms with Crippen LogP contribution in [0.25, 0.3) is 0 Å². The first-order valence-corrected chi connectivity index (χ1v) is 5.91. The molecule has 1 aromatic carbocycles. The quantitative estimate of drug-likeness (QED) is 0.783. The molecule has 0 aliphatic heterocycles. The summed E-state index contributed by atoms with van der Waals surface area (Å²) in [5.74, 6) is 0. The van der Waals surface area contributed by atoms with Crippen molar-refractivity contribution < 1.29 is 0 Å². The highest BCUT2D eigenvalue weighted by Gasteiger charge is 1.96. The second kappa shape index (κ2) is 5.46. The summed E-state index contributed by atoms with van der Waals surface area (Å²) in [6.07, 6.45) is 3.73. The van der Waals surface area contributed by atoms with Crippen molar-refractivity contribution in [3.63, 3.8) is 0 Å². The van der Waals surface area contributed by atoms with Crippen LogP contribution in [0.1, 0.15) is 5.56 Å². The van der Waals surface area contributed by atoms with Crippen molar-refractivity contribution in [3.05, 3.63) is 64.2 Å². The summed E-state index contributed by atoms with van der Waals surface area (Å²) in [5, 5.41) is 8.61. The Balaban J connectivity index is 2.34. The molecule has 4 heteroatoms. The van der Waals surface area contributed by atoms with Crippen LogP contribution in [0.3, 0.4) is 0 Å². The van der Waals surface area contributed by atoms with Gasteiger partial charge in [-0.05, 0) is 29.8 Å². The SMILES string of the molecule is N#CN=c1ccccn1Cc1ccc(Br)cc1. The maximum absolute atomic E-state index is 8.61. The third-order valence-corrected chi connectivity index (χ3v) is 2.88. The standard InChI is InChI=1S/C13H10BrN3/c14-12-6-4-11(5-7-12)9-17-8-2-1-3-13(17)16-10-15/h1-8H,9H2. The molecule has 3 nitrogen and oxygen atoms in total. The van der Waals surface area contributed by atoms with Gasteiger partial charge in [0.15, 0.2) is 0 Å². The van der Waals surface area contributed by atoms with Crippen molar-refractivity contribution in [3.8, 4) is 6.19 Å². The van der Waals surface area contributed by atoms with Gasteiger partial charge in [0, 0.05) is 17.2 Å². The lowest BCUT2D eigenvalue weighted by molar-refractivity contribution is 0.743. The third-order valence-electron chi connectivity index (χ3n) is 2.35. The number of hydrogen-bond donors (Lipinski definition) is 0. The molecule has 1 aromatic heterocycles. The second-order valence-corrected chi connectivity index (χ2v) is 4.44. The topological polar surface area (TPSA) is 41.1 Å². The lowest BCUT2D eigenvalue weighted by Crippen LogP contribution is -2.19. The van der Waals surface area contributed by atoms with Gasteiger partial charge >= 0.3 is 0 Å². The van der Waals surface area contributed by atoms with Gasteiger partial charge in [0.25, 0.3) is 0 Å². The molecule has 17 heavy (non-hydrogen) atoms. The van der Waals surface area contributed by atoms with Gasteiger partial charge in [0.2, 0.25) is 6.19 Å². The monoisotopic (exact) mass is 287 g/mol. The van der Waals surface area contributed by atoms with Gasteiger partial charge in [-0.1, -0.05) is 34.1 Å². The third kappa shape index (κ3) is 3.05. The largest absolute Gasteiger partial charge is 0.328 e. The smallest absolute Gasteiger partial charge is 0.207 e. The first kappa shape index (κ1) is 11.6. The van der Waals surface area contributed by atoms with Gasteiger partial charge in [-0.25, -0.2) is 0 Å². The molecule has 0 aliphatic rings. The Morgan fingerprint density at radius 2 is 1.94 bits per heavy atom. The van der Waals surface area contributed by atoms with E-state index in [1.54, 1.807) is 0 Å². The number of rotatable bonds is 2. The molecule has 0 amide bonds. The summed E-state index contributed by atoms with van der Waals surface area (Å²) in [7, 11) is 0. The van der Waals surface area contributed by atoms with E-state index in [1.807, 2.05) is 59.4 Å². The van der Waals surface area contributed by atoms with E-state index in [1.165, 1.54) is 5.56 Å². The zero-order chi connectivity index (χ0) is 12.1. The number of nitrogens with zero attached hydrogens (tertiary/aromatic N) is 3. The van der Waals surface area contributed by atoms with Crippen molar-refractivity contribution in [1.29, 1.82) is 5.26 Å². The number of hydrogen-bond acceptors (Lipinski definition) is 2. The van der Waals surface area contributed by atoms with Crippen molar-refractivity contribution in [1.82, 2.24) is 4.57 Å². The molecule has 2 rings (SSSR count). The van der Waals surface area contributed by atoms with E-state index < -0.39 is 0 Å². The van der Waals surface area contributed by atoms with Crippen LogP contribution < -0.4 is 5.49 Å². The van der Waals surface area contributed by atoms with E-state index in [4.69, 9.17) is 5.26 Å². The van der Waals surface area contributed by atoms with Crippen LogP contribution in [0.2, 0.25) is 0 Å². The summed E-state index contributed by atoms with van der Waals surface area (Å²) in [5.41, 5.74) is 1.83. The first-order chi connectivity index (χ1) is 8.29. The molecule has 0 fully saturated rings. The van der Waals surface area contributed by atoms with Crippen LogP contribution in [0, 0.1) is 11.5 Å². The van der Waals surface area contributed by atoms with Crippen LogP contribution in [0.15, 0.2) is 58.1 Å². The maximum Gasteiger partial charge on any atom is 0.207 e. The molecule has 2 aromatic rings. The van der Waals surface area contributed by atoms with Gasteiger partial charge in [-0.2, -0.15) is 10.3 Å². The van der Waals surface area contributed by atoms with Crippen molar-refractivity contribution in [2.75, 3.05) is 0 Å². The van der Waals surface area contributed by atoms with E-state index in [0.29, 0.717) is 12.0 Å². The molecule has 84 valence electrons. The summed E-state index contributed by atoms with van der Waals surface area (Å²) >= 11 is 3.40. The minimum absolute atomic E-state index is 0.665. The Labute approximate surface area is 108 Å². The molecule has 0 aliphatic carbocycles. The number of pyridine rings is 1. The Morgan fingerprint density at radius 1 is 1.18 bits per heavy atom. The zero-order valence-electron chi connectivity index (χ0n) is 9.05. The van der Waals surface area contributed by atoms with E-state index in [2.05, 4.69) is 20.9 Å². The van der Waals surface area contributed by atoms with E-state index in [9.17, 15) is 0 Å². The fraction of sp³-hybridized carbons (Fsp3) is 0.0769. The van der Waals surface area contributed by atoms with Crippen LogP contribution >= 0.6 is 15.9 Å². The molecule has 0 unspecified atom stereocenters. The minimum atomic E-state index is 0.665. The summed E-state index contributed by atoms with van der Waals surface area (Å²) in [4.78, 5) is 3.78. The highest BCUT2D eigenvalue weighted by molar-refractivity contribution is 9.10. The molecule has 0 saturated heterocycles. The number of nitriles is 1. The fourth-order valence-electron chi connectivity index (χ4n) is 1.54. The molecule has 0 N–H and O–H groups in total. The number of aromatic nitrogens is 1. The number of halogens is 1. The van der Waals surface area contributed by atoms with E-state index in [0.717, 1.165) is 4.47 Å². The Bertz CT molecular complexity index is 606. The lowest BCUT2D eigenvalue weighted by Gasteiger charge is -2.06. The van der Waals surface area contributed by atoms with Crippen LogP contribution in [-0.4, -0.2) is 4.57 Å². The van der Waals surface area contributed by atoms with Crippen molar-refractivity contribution in [2.24, 2.45) is 4.99 Å². The van der Waals surface area contributed by atoms with Crippen LogP contribution in [-0.2, 0) is 6.54 Å². The molecule has 0 radical (unpaired) electrons. The zero-order valence-corrected chi connectivity index (χ0v) is 10.6. The molecule has 0 saturated carbocycles. The van der Waals surface area contributed by atoms with Crippen molar-refractivity contribution >= 4 is 15.9 Å². The Morgan fingerprint density at radius 3 is 2.65 bits per heavy atom. The fourth-order valence-corrected chi connectivity index (χ4v) is 1.80. The molecule has 0 bridgehead atoms. The molecule has 0 atom stereocenters. The Kier molecular flexibility index (Phi) is 3.73. The summed E-state index contributed by atoms with van der Waals surface area (Å²) < 4.78 is 2.99. The van der Waals surface area contributed by atoms with Crippen LogP contribution in [0.4, 0.5) is 0 Å². The normalized spacial score (nSPS) is 11.2. The molecule has 1 heterocycles. The minimum Gasteiger partial charge on any atom is -0.328 e. The molecular formula is C13H10BrN3. The highest BCUT2D eigenvalue weighted by Crippen LogP contribution is 2.10. The highest BCUT2D eigenvalue weighted by atomic mass is 79.9. The maximum atomic E-state index is 8.61. The molecule has 0 spiro atoms. The van der Waals surface area contributed by atoms with Gasteiger partial charge < -0.3 is 4.57 Å². The van der Waals surface area contributed by atoms with Gasteiger partial charge in [-0.3, -0.25) is 0 Å². The first-order valence-electron chi connectivity index (χ1n) is 5.12. The average molecular weight is 288 g/mol. The predicted molar refractivity (Wildman–Crippen MR) is 68.9 cm³/mol. The summed E-state index contributed by atoms with van der Waals surface area (Å²) in [6, 6.07) is 13.7. The van der Waals surface area contributed by atoms with Crippen LogP contribution in [0.5, 0.6) is 0 Å². The van der Waals surface area contributed by atoms with Gasteiger partial charge in [0.1, 0.15) is 5.49 Å². The van der Waals surface area contributed by atoms with Gasteiger partial charge in [-0.15, -0.1) is 0 Å². The lowest BCUT2D eigenvalue weighted by atomic mass is 10.2. The van der Waals surface area contributed by atoms with Crippen molar-refractivity contribution in [2.45, 2.75) is 6.54 Å². The second-order valence-electron chi connectivity index (χ2n) is 3.53. The average Bonchev–Trinajstić information content (AvgIpc) is 2.35. The predicted octanol–water partition coefficient (Wildman–Crippen LogP) is 2.68. The van der Waals surface area contributed by atoms with E-state index >= 15 is 0 Å². The van der Waals surface area contributed by atoms with E-state index in [-0.39, 0.29) is 0 Å². The Hall–Kier alpha value is -1.86. The summed E-state index contributed by atoms with van der Waals surface area (Å²) in [6.45, 7) is 0.703. The number of benzene rings is 1. The molecular weight excluding hydrogens is 278 g/mol.